The van der Waals surface area contributed by atoms with Crippen LogP contribution in [0.15, 0.2) is 30.3 Å². The van der Waals surface area contributed by atoms with Crippen molar-refractivity contribution < 1.29 is 29.0 Å². The lowest BCUT2D eigenvalue weighted by Crippen LogP contribution is -2.47. The van der Waals surface area contributed by atoms with Gasteiger partial charge in [-0.25, -0.2) is 4.79 Å². The van der Waals surface area contributed by atoms with Gasteiger partial charge in [0.05, 0.1) is 18.1 Å². The fourth-order valence-electron chi connectivity index (χ4n) is 4.73. The Labute approximate surface area is 234 Å². The number of nitrogens with one attached hydrogen (secondary N) is 2. The fourth-order valence-corrected chi connectivity index (χ4v) is 4.73. The Morgan fingerprint density at radius 3 is 2.10 bits per heavy atom. The highest BCUT2D eigenvalue weighted by Crippen LogP contribution is 2.24. The Bertz CT molecular complexity index is 871. The van der Waals surface area contributed by atoms with E-state index in [-0.39, 0.29) is 55.4 Å². The number of ether oxygens (including phenoxy) is 1. The van der Waals surface area contributed by atoms with Gasteiger partial charge in [0, 0.05) is 19.4 Å². The van der Waals surface area contributed by atoms with Gasteiger partial charge in [0.25, 0.3) is 0 Å². The van der Waals surface area contributed by atoms with Gasteiger partial charge < -0.3 is 25.3 Å². The third-order valence-electron chi connectivity index (χ3n) is 6.66. The lowest BCUT2D eigenvalue weighted by Gasteiger charge is -2.26. The molecule has 0 fully saturated rings. The SMILES string of the molecule is CC(C)C[C@H](CNC(=O)OCc1ccccc1)C(=O)N[C@@H](CC(C)C)C(=O)CC[C@@H](CC(C)C)C(O)CC=O. The van der Waals surface area contributed by atoms with Crippen LogP contribution >= 0.6 is 0 Å². The number of hydrogen-bond donors (Lipinski definition) is 3. The van der Waals surface area contributed by atoms with E-state index < -0.39 is 24.2 Å². The molecular formula is C31H50N2O6. The zero-order valence-corrected chi connectivity index (χ0v) is 24.7. The summed E-state index contributed by atoms with van der Waals surface area (Å²) in [4.78, 5) is 49.8. The highest BCUT2D eigenvalue weighted by Gasteiger charge is 2.29. The van der Waals surface area contributed by atoms with Crippen molar-refractivity contribution in [1.29, 1.82) is 0 Å². The van der Waals surface area contributed by atoms with E-state index in [0.717, 1.165) is 5.56 Å². The number of Topliss-reactive ketones (excluding diaryl/α,β-unsaturated/α-hetero) is 1. The first-order chi connectivity index (χ1) is 18.4. The van der Waals surface area contributed by atoms with E-state index in [1.807, 2.05) is 71.9 Å². The first-order valence-electron chi connectivity index (χ1n) is 14.3. The van der Waals surface area contributed by atoms with E-state index in [1.165, 1.54) is 0 Å². The second-order valence-electron chi connectivity index (χ2n) is 11.8. The molecule has 0 aliphatic carbocycles. The molecule has 0 aliphatic heterocycles. The standard InChI is InChI=1S/C31H50N2O6/c1-21(2)16-25(28(35)14-15-34)12-13-29(36)27(18-23(5)6)33-30(37)26(17-22(3)4)19-32-31(38)39-20-24-10-8-7-9-11-24/h7-11,15,21-23,25-28,35H,12-14,16-20H2,1-6H3,(H,32,38)(H,33,37)/t25-,26+,27-,28?/m0/s1. The number of benzene rings is 1. The Hall–Kier alpha value is -2.74. The molecule has 8 nitrogen and oxygen atoms in total. The summed E-state index contributed by atoms with van der Waals surface area (Å²) in [5, 5.41) is 16.1. The predicted molar refractivity (Wildman–Crippen MR) is 153 cm³/mol. The summed E-state index contributed by atoms with van der Waals surface area (Å²) in [6, 6.07) is 8.69. The van der Waals surface area contributed by atoms with E-state index in [1.54, 1.807) is 0 Å². The molecule has 0 spiro atoms. The quantitative estimate of drug-likeness (QED) is 0.208. The minimum atomic E-state index is -0.779. The first-order valence-corrected chi connectivity index (χ1v) is 14.3. The number of aliphatic hydroxyl groups is 1. The maximum absolute atomic E-state index is 13.3. The molecule has 0 aromatic heterocycles. The number of ketones is 1. The molecular weight excluding hydrogens is 496 g/mol. The molecule has 8 heteroatoms. The highest BCUT2D eigenvalue weighted by atomic mass is 16.5. The molecule has 0 radical (unpaired) electrons. The van der Waals surface area contributed by atoms with E-state index in [2.05, 4.69) is 10.6 Å². The second-order valence-corrected chi connectivity index (χ2v) is 11.8. The zero-order valence-electron chi connectivity index (χ0n) is 24.7. The molecule has 3 N–H and O–H groups in total. The minimum Gasteiger partial charge on any atom is -0.445 e. The number of hydrogen-bond acceptors (Lipinski definition) is 6. The van der Waals surface area contributed by atoms with Crippen LogP contribution in [0, 0.1) is 29.6 Å². The predicted octanol–water partition coefficient (Wildman–Crippen LogP) is 5.07. The number of carbonyl (C=O) groups is 4. The Balaban J connectivity index is 2.80. The third kappa shape index (κ3) is 14.8. The average Bonchev–Trinajstić information content (AvgIpc) is 2.87. The molecule has 220 valence electrons. The molecule has 0 heterocycles. The van der Waals surface area contributed by atoms with Crippen molar-refractivity contribution in [3.8, 4) is 0 Å². The summed E-state index contributed by atoms with van der Waals surface area (Å²) in [6.07, 6.45) is 1.81. The number of alkyl carbamates (subject to hydrolysis) is 1. The van der Waals surface area contributed by atoms with Crippen LogP contribution < -0.4 is 10.6 Å². The smallest absolute Gasteiger partial charge is 0.407 e. The van der Waals surface area contributed by atoms with Crippen molar-refractivity contribution in [3.63, 3.8) is 0 Å². The van der Waals surface area contributed by atoms with Gasteiger partial charge in [0.15, 0.2) is 5.78 Å². The van der Waals surface area contributed by atoms with Crippen LogP contribution in [0.2, 0.25) is 0 Å². The molecule has 0 saturated heterocycles. The minimum absolute atomic E-state index is 0.0510. The summed E-state index contributed by atoms with van der Waals surface area (Å²) >= 11 is 0. The summed E-state index contributed by atoms with van der Waals surface area (Å²) in [6.45, 7) is 12.3. The van der Waals surface area contributed by atoms with Crippen molar-refractivity contribution in [2.45, 2.75) is 98.8 Å². The van der Waals surface area contributed by atoms with Gasteiger partial charge in [-0.3, -0.25) is 9.59 Å². The van der Waals surface area contributed by atoms with Crippen LogP contribution in [0.1, 0.15) is 85.6 Å². The lowest BCUT2D eigenvalue weighted by atomic mass is 9.85. The number of amides is 2. The number of carbonyl (C=O) groups excluding carboxylic acids is 4. The largest absolute Gasteiger partial charge is 0.445 e. The molecule has 39 heavy (non-hydrogen) atoms. The summed E-state index contributed by atoms with van der Waals surface area (Å²) in [5.74, 6) is -0.317. The monoisotopic (exact) mass is 546 g/mol. The molecule has 1 aromatic carbocycles. The molecule has 0 saturated carbocycles. The number of rotatable bonds is 19. The maximum Gasteiger partial charge on any atom is 0.407 e. The Kier molecular flexibility index (Phi) is 16.3. The topological polar surface area (TPSA) is 122 Å². The van der Waals surface area contributed by atoms with Gasteiger partial charge in [0.1, 0.15) is 12.9 Å². The Morgan fingerprint density at radius 1 is 0.923 bits per heavy atom. The zero-order chi connectivity index (χ0) is 29.4. The fraction of sp³-hybridized carbons (Fsp3) is 0.677. The summed E-state index contributed by atoms with van der Waals surface area (Å²) in [7, 11) is 0. The molecule has 1 aromatic rings. The van der Waals surface area contributed by atoms with Crippen molar-refractivity contribution >= 4 is 24.1 Å². The first kappa shape index (κ1) is 34.3. The van der Waals surface area contributed by atoms with Crippen LogP contribution in [0.5, 0.6) is 0 Å². The number of aldehydes is 1. The maximum atomic E-state index is 13.3. The molecule has 1 rings (SSSR count). The van der Waals surface area contributed by atoms with E-state index >= 15 is 0 Å². The van der Waals surface area contributed by atoms with Crippen LogP contribution in [-0.4, -0.2) is 47.9 Å². The van der Waals surface area contributed by atoms with Gasteiger partial charge in [-0.15, -0.1) is 0 Å². The van der Waals surface area contributed by atoms with Crippen molar-refractivity contribution in [1.82, 2.24) is 10.6 Å². The molecule has 0 aliphatic rings. The third-order valence-corrected chi connectivity index (χ3v) is 6.66. The highest BCUT2D eigenvalue weighted by molar-refractivity contribution is 5.90. The van der Waals surface area contributed by atoms with Crippen LogP contribution in [0.3, 0.4) is 0 Å². The van der Waals surface area contributed by atoms with Crippen molar-refractivity contribution in [2.75, 3.05) is 6.54 Å². The summed E-state index contributed by atoms with van der Waals surface area (Å²) < 4.78 is 5.28. The number of aliphatic hydroxyl groups excluding tert-OH is 1. The van der Waals surface area contributed by atoms with Crippen LogP contribution in [0.4, 0.5) is 4.79 Å². The van der Waals surface area contributed by atoms with Gasteiger partial charge in [-0.2, -0.15) is 0 Å². The van der Waals surface area contributed by atoms with Gasteiger partial charge in [-0.05, 0) is 54.9 Å². The van der Waals surface area contributed by atoms with E-state index in [4.69, 9.17) is 4.74 Å². The van der Waals surface area contributed by atoms with Gasteiger partial charge in [0.2, 0.25) is 5.91 Å². The van der Waals surface area contributed by atoms with Crippen LogP contribution in [0.25, 0.3) is 0 Å². The van der Waals surface area contributed by atoms with Crippen molar-refractivity contribution in [2.24, 2.45) is 29.6 Å². The Morgan fingerprint density at radius 2 is 1.54 bits per heavy atom. The lowest BCUT2D eigenvalue weighted by molar-refractivity contribution is -0.131. The molecule has 0 bridgehead atoms. The van der Waals surface area contributed by atoms with Gasteiger partial charge >= 0.3 is 6.09 Å². The molecule has 1 unspecified atom stereocenters. The second kappa shape index (κ2) is 18.5. The summed E-state index contributed by atoms with van der Waals surface area (Å²) in [5.41, 5.74) is 0.869. The van der Waals surface area contributed by atoms with Crippen molar-refractivity contribution in [3.05, 3.63) is 35.9 Å². The van der Waals surface area contributed by atoms with E-state index in [9.17, 15) is 24.3 Å². The molecule has 4 atom stereocenters. The normalized spacial score (nSPS) is 14.5. The van der Waals surface area contributed by atoms with Gasteiger partial charge in [-0.1, -0.05) is 71.9 Å². The van der Waals surface area contributed by atoms with Crippen LogP contribution in [-0.2, 0) is 25.7 Å². The van der Waals surface area contributed by atoms with E-state index in [0.29, 0.717) is 37.9 Å². The molecule has 2 amide bonds. The average molecular weight is 547 g/mol.